The lowest BCUT2D eigenvalue weighted by atomic mass is 10.0. The second kappa shape index (κ2) is 8.23. The number of nitrogens with one attached hydrogen (secondary N) is 1. The van der Waals surface area contributed by atoms with E-state index in [0.717, 1.165) is 42.8 Å². The van der Waals surface area contributed by atoms with E-state index in [0.29, 0.717) is 12.2 Å². The summed E-state index contributed by atoms with van der Waals surface area (Å²) in [5.41, 5.74) is 2.69. The van der Waals surface area contributed by atoms with Crippen molar-refractivity contribution in [2.24, 2.45) is 11.8 Å². The molecule has 0 aliphatic carbocycles. The third-order valence-corrected chi connectivity index (χ3v) is 5.75. The SMILES string of the molecule is CCCOc1ccc(C(=O)Nc2ccc(N3C[C@H]4CN(C)C[C@H]4C3)cc2)cc1. The summed E-state index contributed by atoms with van der Waals surface area (Å²) >= 11 is 0. The normalized spacial score (nSPS) is 21.6. The number of rotatable bonds is 6. The minimum Gasteiger partial charge on any atom is -0.494 e. The van der Waals surface area contributed by atoms with Crippen LogP contribution in [0, 0.1) is 11.8 Å². The predicted octanol–water partition coefficient (Wildman–Crippen LogP) is 3.73. The first-order valence-electron chi connectivity index (χ1n) is 10.2. The second-order valence-corrected chi connectivity index (χ2v) is 8.02. The Morgan fingerprint density at radius 2 is 1.64 bits per heavy atom. The zero-order valence-electron chi connectivity index (χ0n) is 16.7. The van der Waals surface area contributed by atoms with Gasteiger partial charge < -0.3 is 19.9 Å². The average molecular weight is 380 g/mol. The topological polar surface area (TPSA) is 44.8 Å². The van der Waals surface area contributed by atoms with Crippen molar-refractivity contribution >= 4 is 17.3 Å². The molecule has 0 unspecified atom stereocenters. The Kier molecular flexibility index (Phi) is 5.53. The number of anilines is 2. The van der Waals surface area contributed by atoms with Crippen molar-refractivity contribution in [1.82, 2.24) is 4.90 Å². The van der Waals surface area contributed by atoms with Gasteiger partial charge in [-0.25, -0.2) is 0 Å². The van der Waals surface area contributed by atoms with E-state index in [1.165, 1.54) is 18.8 Å². The first kappa shape index (κ1) is 18.8. The Hall–Kier alpha value is -2.53. The highest BCUT2D eigenvalue weighted by molar-refractivity contribution is 6.04. The first-order chi connectivity index (χ1) is 13.6. The van der Waals surface area contributed by atoms with E-state index < -0.39 is 0 Å². The zero-order chi connectivity index (χ0) is 19.5. The number of carbonyl (C=O) groups is 1. The number of ether oxygens (including phenoxy) is 1. The molecule has 4 rings (SSSR count). The average Bonchev–Trinajstić information content (AvgIpc) is 3.25. The zero-order valence-corrected chi connectivity index (χ0v) is 16.7. The number of fused-ring (bicyclic) bond motifs is 1. The van der Waals surface area contributed by atoms with Gasteiger partial charge in [0.25, 0.3) is 5.91 Å². The highest BCUT2D eigenvalue weighted by Gasteiger charge is 2.38. The Balaban J connectivity index is 1.33. The van der Waals surface area contributed by atoms with Gasteiger partial charge in [-0.3, -0.25) is 4.79 Å². The highest BCUT2D eigenvalue weighted by atomic mass is 16.5. The number of amides is 1. The number of nitrogens with zero attached hydrogens (tertiary/aromatic N) is 2. The predicted molar refractivity (Wildman–Crippen MR) is 113 cm³/mol. The van der Waals surface area contributed by atoms with Gasteiger partial charge in [0, 0.05) is 43.1 Å². The van der Waals surface area contributed by atoms with Crippen LogP contribution in [0.25, 0.3) is 0 Å². The number of hydrogen-bond acceptors (Lipinski definition) is 4. The molecule has 2 aromatic rings. The molecular formula is C23H29N3O2. The van der Waals surface area contributed by atoms with Gasteiger partial charge in [0.1, 0.15) is 5.75 Å². The van der Waals surface area contributed by atoms with Gasteiger partial charge in [0.15, 0.2) is 0 Å². The van der Waals surface area contributed by atoms with Gasteiger partial charge in [0.2, 0.25) is 0 Å². The van der Waals surface area contributed by atoms with Crippen LogP contribution in [0.15, 0.2) is 48.5 Å². The van der Waals surface area contributed by atoms with Crippen molar-refractivity contribution in [1.29, 1.82) is 0 Å². The monoisotopic (exact) mass is 379 g/mol. The summed E-state index contributed by atoms with van der Waals surface area (Å²) in [6.45, 7) is 7.43. The fraction of sp³-hybridized carbons (Fsp3) is 0.435. The Morgan fingerprint density at radius 3 is 2.25 bits per heavy atom. The Morgan fingerprint density at radius 1 is 1.00 bits per heavy atom. The fourth-order valence-corrected chi connectivity index (χ4v) is 4.32. The van der Waals surface area contributed by atoms with Crippen LogP contribution >= 0.6 is 0 Å². The van der Waals surface area contributed by atoms with Crippen molar-refractivity contribution in [3.8, 4) is 5.75 Å². The van der Waals surface area contributed by atoms with E-state index >= 15 is 0 Å². The molecule has 2 heterocycles. The minimum atomic E-state index is -0.103. The summed E-state index contributed by atoms with van der Waals surface area (Å²) in [5, 5.41) is 2.98. The van der Waals surface area contributed by atoms with Crippen molar-refractivity contribution in [2.75, 3.05) is 50.1 Å². The standard InChI is InChI=1S/C23H29N3O2/c1-3-12-28-22-10-4-17(5-11-22)23(27)24-20-6-8-21(9-7-20)26-15-18-13-25(2)14-19(18)16-26/h4-11,18-19H,3,12-16H2,1-2H3,(H,24,27)/t18-,19+. The van der Waals surface area contributed by atoms with E-state index in [9.17, 15) is 4.79 Å². The number of likely N-dealkylation sites (tertiary alicyclic amines) is 1. The summed E-state index contributed by atoms with van der Waals surface area (Å²) < 4.78 is 5.56. The number of benzene rings is 2. The molecule has 1 amide bonds. The molecular weight excluding hydrogens is 350 g/mol. The number of carbonyl (C=O) groups excluding carboxylic acids is 1. The van der Waals surface area contributed by atoms with Gasteiger partial charge >= 0.3 is 0 Å². The van der Waals surface area contributed by atoms with Crippen LogP contribution < -0.4 is 15.0 Å². The Labute approximate surface area is 167 Å². The van der Waals surface area contributed by atoms with E-state index in [2.05, 4.69) is 41.2 Å². The van der Waals surface area contributed by atoms with Crippen LogP contribution in [0.4, 0.5) is 11.4 Å². The molecule has 2 aromatic carbocycles. The summed E-state index contributed by atoms with van der Waals surface area (Å²) in [6, 6.07) is 15.5. The number of hydrogen-bond donors (Lipinski definition) is 1. The lowest BCUT2D eigenvalue weighted by Gasteiger charge is -2.21. The van der Waals surface area contributed by atoms with Crippen LogP contribution in [-0.4, -0.2) is 50.6 Å². The summed E-state index contributed by atoms with van der Waals surface area (Å²) in [7, 11) is 2.21. The van der Waals surface area contributed by atoms with E-state index in [1.54, 1.807) is 12.1 Å². The van der Waals surface area contributed by atoms with Crippen molar-refractivity contribution in [2.45, 2.75) is 13.3 Å². The smallest absolute Gasteiger partial charge is 0.255 e. The molecule has 0 aromatic heterocycles. The third-order valence-electron chi connectivity index (χ3n) is 5.75. The van der Waals surface area contributed by atoms with Gasteiger partial charge in [-0.15, -0.1) is 0 Å². The second-order valence-electron chi connectivity index (χ2n) is 8.02. The summed E-state index contributed by atoms with van der Waals surface area (Å²) in [5.74, 6) is 2.26. The van der Waals surface area contributed by atoms with Gasteiger partial charge in [-0.05, 0) is 73.8 Å². The molecule has 2 atom stereocenters. The molecule has 5 heteroatoms. The molecule has 0 bridgehead atoms. The van der Waals surface area contributed by atoms with Crippen LogP contribution in [0.2, 0.25) is 0 Å². The molecule has 2 aliphatic rings. The molecule has 5 nitrogen and oxygen atoms in total. The third kappa shape index (κ3) is 4.14. The molecule has 0 spiro atoms. The van der Waals surface area contributed by atoms with Crippen molar-refractivity contribution in [3.05, 3.63) is 54.1 Å². The highest BCUT2D eigenvalue weighted by Crippen LogP contribution is 2.33. The fourth-order valence-electron chi connectivity index (χ4n) is 4.32. The van der Waals surface area contributed by atoms with Gasteiger partial charge in [-0.2, -0.15) is 0 Å². The minimum absolute atomic E-state index is 0.103. The van der Waals surface area contributed by atoms with E-state index in [-0.39, 0.29) is 5.91 Å². The maximum Gasteiger partial charge on any atom is 0.255 e. The van der Waals surface area contributed by atoms with Gasteiger partial charge in [0.05, 0.1) is 6.61 Å². The first-order valence-corrected chi connectivity index (χ1v) is 10.2. The molecule has 1 N–H and O–H groups in total. The van der Waals surface area contributed by atoms with Gasteiger partial charge in [-0.1, -0.05) is 6.92 Å². The molecule has 0 radical (unpaired) electrons. The van der Waals surface area contributed by atoms with Crippen LogP contribution in [-0.2, 0) is 0 Å². The maximum atomic E-state index is 12.5. The maximum absolute atomic E-state index is 12.5. The lowest BCUT2D eigenvalue weighted by molar-refractivity contribution is 0.102. The van der Waals surface area contributed by atoms with Crippen LogP contribution in [0.3, 0.4) is 0 Å². The molecule has 148 valence electrons. The van der Waals surface area contributed by atoms with Crippen molar-refractivity contribution < 1.29 is 9.53 Å². The molecule has 2 saturated heterocycles. The quantitative estimate of drug-likeness (QED) is 0.831. The molecule has 2 aliphatic heterocycles. The van der Waals surface area contributed by atoms with E-state index in [1.807, 2.05) is 24.3 Å². The lowest BCUT2D eigenvalue weighted by Crippen LogP contribution is -2.26. The summed E-state index contributed by atoms with van der Waals surface area (Å²) in [6.07, 6.45) is 0.966. The molecule has 0 saturated carbocycles. The van der Waals surface area contributed by atoms with Crippen LogP contribution in [0.5, 0.6) is 5.75 Å². The molecule has 2 fully saturated rings. The largest absolute Gasteiger partial charge is 0.494 e. The van der Waals surface area contributed by atoms with Crippen molar-refractivity contribution in [3.63, 3.8) is 0 Å². The van der Waals surface area contributed by atoms with Crippen LogP contribution in [0.1, 0.15) is 23.7 Å². The Bertz CT molecular complexity index is 790. The summed E-state index contributed by atoms with van der Waals surface area (Å²) in [4.78, 5) is 17.4. The molecule has 28 heavy (non-hydrogen) atoms. The van der Waals surface area contributed by atoms with E-state index in [4.69, 9.17) is 4.74 Å².